The molecule has 0 unspecified atom stereocenters. The molecular formula is C13H16N2O3. The molecule has 1 aromatic carbocycles. The van der Waals surface area contributed by atoms with Gasteiger partial charge < -0.3 is 10.2 Å². The molecule has 1 aromatic heterocycles. The summed E-state index contributed by atoms with van der Waals surface area (Å²) >= 11 is 0. The molecule has 0 atom stereocenters. The van der Waals surface area contributed by atoms with Gasteiger partial charge in [0.2, 0.25) is 0 Å². The zero-order chi connectivity index (χ0) is 13.1. The smallest absolute Gasteiger partial charge is 0.274 e. The van der Waals surface area contributed by atoms with Crippen LogP contribution in [-0.2, 0) is 12.8 Å². The van der Waals surface area contributed by atoms with Crippen molar-refractivity contribution in [2.45, 2.75) is 19.8 Å². The van der Waals surface area contributed by atoms with Gasteiger partial charge in [-0.2, -0.15) is 0 Å². The number of aryl methyl sites for hydroxylation is 1. The number of aromatic amines is 1. The fourth-order valence-corrected chi connectivity index (χ4v) is 2.00. The van der Waals surface area contributed by atoms with E-state index in [0.29, 0.717) is 24.1 Å². The van der Waals surface area contributed by atoms with E-state index in [2.05, 4.69) is 5.10 Å². The summed E-state index contributed by atoms with van der Waals surface area (Å²) in [5.41, 5.74) is 1.56. The van der Waals surface area contributed by atoms with Gasteiger partial charge in [-0.1, -0.05) is 19.1 Å². The van der Waals surface area contributed by atoms with E-state index in [4.69, 9.17) is 5.11 Å². The Morgan fingerprint density at radius 1 is 1.33 bits per heavy atom. The maximum atomic E-state index is 12.2. The molecule has 0 aliphatic heterocycles. The molecule has 0 radical (unpaired) electrons. The van der Waals surface area contributed by atoms with Crippen LogP contribution in [0.5, 0.6) is 5.75 Å². The third kappa shape index (κ3) is 2.04. The first-order valence-corrected chi connectivity index (χ1v) is 5.91. The topological polar surface area (TPSA) is 78.2 Å². The quantitative estimate of drug-likeness (QED) is 0.754. The van der Waals surface area contributed by atoms with Crippen molar-refractivity contribution in [2.24, 2.45) is 0 Å². The van der Waals surface area contributed by atoms with E-state index in [1.807, 2.05) is 6.92 Å². The van der Waals surface area contributed by atoms with Gasteiger partial charge in [-0.15, -0.1) is 0 Å². The highest BCUT2D eigenvalue weighted by Crippen LogP contribution is 2.19. The number of rotatable bonds is 4. The minimum absolute atomic E-state index is 0.0408. The number of para-hydroxylation sites is 2. The Hall–Kier alpha value is -2.01. The summed E-state index contributed by atoms with van der Waals surface area (Å²) in [5.74, 6) is 0.0408. The molecule has 0 amide bonds. The number of phenolic OH excluding ortho intramolecular Hbond substituents is 1. The maximum absolute atomic E-state index is 12.2. The van der Waals surface area contributed by atoms with Crippen molar-refractivity contribution >= 4 is 0 Å². The lowest BCUT2D eigenvalue weighted by atomic mass is 10.1. The summed E-state index contributed by atoms with van der Waals surface area (Å²) in [4.78, 5) is 12.2. The second kappa shape index (κ2) is 5.10. The number of aromatic nitrogens is 2. The van der Waals surface area contributed by atoms with Crippen LogP contribution in [0.15, 0.2) is 29.1 Å². The molecule has 1 heterocycles. The average Bonchev–Trinajstić information content (AvgIpc) is 2.68. The number of H-pyrrole nitrogens is 1. The molecule has 3 N–H and O–H groups in total. The van der Waals surface area contributed by atoms with E-state index in [0.717, 1.165) is 5.69 Å². The fourth-order valence-electron chi connectivity index (χ4n) is 2.00. The first kappa shape index (κ1) is 12.4. The number of hydrogen-bond acceptors (Lipinski definition) is 3. The van der Waals surface area contributed by atoms with Gasteiger partial charge in [0.15, 0.2) is 0 Å². The van der Waals surface area contributed by atoms with E-state index in [1.54, 1.807) is 18.2 Å². The van der Waals surface area contributed by atoms with Crippen LogP contribution in [0, 0.1) is 0 Å². The number of nitrogens with one attached hydrogen (secondary N) is 1. The third-order valence-corrected chi connectivity index (χ3v) is 2.91. The van der Waals surface area contributed by atoms with Crippen molar-refractivity contribution in [3.63, 3.8) is 0 Å². The summed E-state index contributed by atoms with van der Waals surface area (Å²) in [6.07, 6.45) is 0.990. The summed E-state index contributed by atoms with van der Waals surface area (Å²) < 4.78 is 1.32. The third-order valence-electron chi connectivity index (χ3n) is 2.91. The zero-order valence-electron chi connectivity index (χ0n) is 10.2. The number of phenols is 1. The standard InChI is InChI=1S/C13H16N2O3/c1-2-10-9(7-8-16)13(18)15(14-10)11-5-3-4-6-12(11)17/h3-6,14,16-17H,2,7-8H2,1H3. The van der Waals surface area contributed by atoms with Crippen LogP contribution in [0.25, 0.3) is 5.69 Å². The molecule has 2 aromatic rings. The van der Waals surface area contributed by atoms with Gasteiger partial charge >= 0.3 is 0 Å². The molecule has 0 bridgehead atoms. The molecule has 0 saturated carbocycles. The minimum Gasteiger partial charge on any atom is -0.506 e. The molecular weight excluding hydrogens is 232 g/mol. The minimum atomic E-state index is -0.220. The van der Waals surface area contributed by atoms with Gasteiger partial charge in [-0.05, 0) is 18.6 Å². The average molecular weight is 248 g/mol. The predicted molar refractivity (Wildman–Crippen MR) is 68.2 cm³/mol. The number of aromatic hydroxyl groups is 1. The van der Waals surface area contributed by atoms with E-state index in [1.165, 1.54) is 10.7 Å². The molecule has 96 valence electrons. The molecule has 5 nitrogen and oxygen atoms in total. The van der Waals surface area contributed by atoms with Crippen molar-refractivity contribution in [3.05, 3.63) is 45.9 Å². The van der Waals surface area contributed by atoms with Crippen molar-refractivity contribution < 1.29 is 10.2 Å². The van der Waals surface area contributed by atoms with Crippen LogP contribution in [-0.4, -0.2) is 26.6 Å². The predicted octanol–water partition coefficient (Wildman–Crippen LogP) is 0.968. The summed E-state index contributed by atoms with van der Waals surface area (Å²) in [7, 11) is 0. The summed E-state index contributed by atoms with van der Waals surface area (Å²) in [5, 5.41) is 21.7. The first-order valence-electron chi connectivity index (χ1n) is 5.91. The number of aliphatic hydroxyl groups excluding tert-OH is 1. The highest BCUT2D eigenvalue weighted by Gasteiger charge is 2.15. The van der Waals surface area contributed by atoms with Crippen molar-refractivity contribution in [1.82, 2.24) is 9.78 Å². The van der Waals surface area contributed by atoms with Gasteiger partial charge in [0.25, 0.3) is 5.56 Å². The Morgan fingerprint density at radius 3 is 2.67 bits per heavy atom. The second-order valence-corrected chi connectivity index (χ2v) is 4.03. The lowest BCUT2D eigenvalue weighted by Gasteiger charge is -2.03. The van der Waals surface area contributed by atoms with Gasteiger partial charge in [0.1, 0.15) is 11.4 Å². The maximum Gasteiger partial charge on any atom is 0.274 e. The SMILES string of the molecule is CCc1[nH]n(-c2ccccc2O)c(=O)c1CCO. The normalized spacial score (nSPS) is 10.8. The molecule has 2 rings (SSSR count). The fraction of sp³-hybridized carbons (Fsp3) is 0.308. The molecule has 18 heavy (non-hydrogen) atoms. The Bertz CT molecular complexity index is 599. The largest absolute Gasteiger partial charge is 0.506 e. The highest BCUT2D eigenvalue weighted by atomic mass is 16.3. The lowest BCUT2D eigenvalue weighted by molar-refractivity contribution is 0.299. The Balaban J connectivity index is 2.60. The van der Waals surface area contributed by atoms with E-state index in [-0.39, 0.29) is 17.9 Å². The van der Waals surface area contributed by atoms with Crippen LogP contribution in [0.1, 0.15) is 18.2 Å². The molecule has 0 saturated heterocycles. The van der Waals surface area contributed by atoms with E-state index < -0.39 is 0 Å². The Kier molecular flexibility index (Phi) is 3.53. The number of nitrogens with zero attached hydrogens (tertiary/aromatic N) is 1. The van der Waals surface area contributed by atoms with E-state index >= 15 is 0 Å². The Labute approximate surface area is 104 Å². The molecule has 0 fully saturated rings. The van der Waals surface area contributed by atoms with Gasteiger partial charge in [0, 0.05) is 24.3 Å². The van der Waals surface area contributed by atoms with Gasteiger partial charge in [-0.25, -0.2) is 4.68 Å². The number of hydrogen-bond donors (Lipinski definition) is 3. The second-order valence-electron chi connectivity index (χ2n) is 4.03. The van der Waals surface area contributed by atoms with Crippen LogP contribution in [0.3, 0.4) is 0 Å². The van der Waals surface area contributed by atoms with E-state index in [9.17, 15) is 9.90 Å². The monoisotopic (exact) mass is 248 g/mol. The van der Waals surface area contributed by atoms with Gasteiger partial charge in [0.05, 0.1) is 0 Å². The van der Waals surface area contributed by atoms with Crippen LogP contribution in [0.2, 0.25) is 0 Å². The summed E-state index contributed by atoms with van der Waals surface area (Å²) in [6, 6.07) is 6.64. The van der Waals surface area contributed by atoms with Crippen LogP contribution < -0.4 is 5.56 Å². The highest BCUT2D eigenvalue weighted by molar-refractivity contribution is 5.45. The Morgan fingerprint density at radius 2 is 2.06 bits per heavy atom. The lowest BCUT2D eigenvalue weighted by Crippen LogP contribution is -2.18. The zero-order valence-corrected chi connectivity index (χ0v) is 10.2. The molecule has 5 heteroatoms. The van der Waals surface area contributed by atoms with Crippen molar-refractivity contribution in [1.29, 1.82) is 0 Å². The first-order chi connectivity index (χ1) is 8.69. The van der Waals surface area contributed by atoms with Crippen molar-refractivity contribution in [2.75, 3.05) is 6.61 Å². The number of aliphatic hydroxyl groups is 1. The van der Waals surface area contributed by atoms with Crippen molar-refractivity contribution in [3.8, 4) is 11.4 Å². The number of benzene rings is 1. The molecule has 0 aliphatic rings. The molecule has 0 aliphatic carbocycles. The van der Waals surface area contributed by atoms with Crippen LogP contribution >= 0.6 is 0 Å². The molecule has 0 spiro atoms. The summed E-state index contributed by atoms with van der Waals surface area (Å²) in [6.45, 7) is 1.86. The van der Waals surface area contributed by atoms with Gasteiger partial charge in [-0.3, -0.25) is 9.89 Å². The van der Waals surface area contributed by atoms with Crippen LogP contribution in [0.4, 0.5) is 0 Å².